The Balaban J connectivity index is 2.72. The molecule has 0 fully saturated rings. The van der Waals surface area contributed by atoms with Crippen LogP contribution in [0, 0.1) is 6.92 Å². The van der Waals surface area contributed by atoms with Gasteiger partial charge >= 0.3 is 0 Å². The molecular formula is C13H17NO3. The summed E-state index contributed by atoms with van der Waals surface area (Å²) in [6.07, 6.45) is -0.0906. The summed E-state index contributed by atoms with van der Waals surface area (Å²) < 4.78 is 5.34. The van der Waals surface area contributed by atoms with Gasteiger partial charge in [-0.05, 0) is 44.5 Å². The molecule has 0 aliphatic carbocycles. The second kappa shape index (κ2) is 6.03. The number of aryl methyl sites for hydroxylation is 1. The van der Waals surface area contributed by atoms with Gasteiger partial charge in [-0.2, -0.15) is 0 Å². The highest BCUT2D eigenvalue weighted by Gasteiger charge is 2.07. The molecule has 0 aliphatic heterocycles. The first kappa shape index (κ1) is 13.2. The van der Waals surface area contributed by atoms with Crippen molar-refractivity contribution in [2.75, 3.05) is 11.9 Å². The highest BCUT2D eigenvalue weighted by molar-refractivity contribution is 6.03. The molecule has 92 valence electrons. The third kappa shape index (κ3) is 4.26. The molecule has 0 radical (unpaired) electrons. The molecule has 1 aromatic carbocycles. The number of benzene rings is 1. The third-order valence-corrected chi connectivity index (χ3v) is 2.19. The molecule has 0 atom stereocenters. The van der Waals surface area contributed by atoms with E-state index in [0.717, 1.165) is 11.3 Å². The van der Waals surface area contributed by atoms with Crippen molar-refractivity contribution >= 4 is 17.4 Å². The van der Waals surface area contributed by atoms with Crippen LogP contribution in [0.25, 0.3) is 0 Å². The Hall–Kier alpha value is -1.84. The van der Waals surface area contributed by atoms with Gasteiger partial charge in [0, 0.05) is 5.69 Å². The summed E-state index contributed by atoms with van der Waals surface area (Å²) in [4.78, 5) is 22.2. The van der Waals surface area contributed by atoms with Gasteiger partial charge in [0.2, 0.25) is 5.91 Å². The Morgan fingerprint density at radius 1 is 1.35 bits per heavy atom. The van der Waals surface area contributed by atoms with Crippen molar-refractivity contribution in [3.05, 3.63) is 23.8 Å². The molecule has 4 heteroatoms. The van der Waals surface area contributed by atoms with Gasteiger partial charge in [-0.1, -0.05) is 0 Å². The fraction of sp³-hybridized carbons (Fsp3) is 0.385. The van der Waals surface area contributed by atoms with Crippen LogP contribution in [0.2, 0.25) is 0 Å². The molecule has 0 heterocycles. The molecule has 0 aromatic heterocycles. The number of Topliss-reactive ketones (excluding diaryl/α,β-unsaturated/α-hetero) is 1. The van der Waals surface area contributed by atoms with E-state index in [2.05, 4.69) is 5.32 Å². The summed E-state index contributed by atoms with van der Waals surface area (Å²) in [6, 6.07) is 5.42. The number of carbonyl (C=O) groups excluding carboxylic acids is 2. The van der Waals surface area contributed by atoms with Gasteiger partial charge in [0.15, 0.2) is 0 Å². The van der Waals surface area contributed by atoms with Crippen molar-refractivity contribution in [3.8, 4) is 5.75 Å². The normalized spacial score (nSPS) is 9.82. The maximum absolute atomic E-state index is 11.4. The van der Waals surface area contributed by atoms with Crippen molar-refractivity contribution in [3.63, 3.8) is 0 Å². The van der Waals surface area contributed by atoms with Gasteiger partial charge in [0.25, 0.3) is 0 Å². The largest absolute Gasteiger partial charge is 0.494 e. The highest BCUT2D eigenvalue weighted by atomic mass is 16.5. The van der Waals surface area contributed by atoms with Crippen LogP contribution in [-0.4, -0.2) is 18.3 Å². The zero-order chi connectivity index (χ0) is 12.8. The number of amides is 1. The average Bonchev–Trinajstić information content (AvgIpc) is 2.21. The van der Waals surface area contributed by atoms with Crippen molar-refractivity contribution in [1.82, 2.24) is 0 Å². The number of hydrogen-bond donors (Lipinski definition) is 1. The number of anilines is 1. The van der Waals surface area contributed by atoms with E-state index >= 15 is 0 Å². The van der Waals surface area contributed by atoms with E-state index in [1.54, 1.807) is 12.1 Å². The van der Waals surface area contributed by atoms with Crippen LogP contribution in [0.1, 0.15) is 25.8 Å². The lowest BCUT2D eigenvalue weighted by molar-refractivity contribution is -0.124. The van der Waals surface area contributed by atoms with E-state index in [-0.39, 0.29) is 18.1 Å². The summed E-state index contributed by atoms with van der Waals surface area (Å²) in [5.74, 6) is 0.338. The van der Waals surface area contributed by atoms with Gasteiger partial charge in [0.05, 0.1) is 13.0 Å². The third-order valence-electron chi connectivity index (χ3n) is 2.19. The van der Waals surface area contributed by atoms with Crippen LogP contribution in [-0.2, 0) is 9.59 Å². The summed E-state index contributed by atoms with van der Waals surface area (Å²) in [7, 11) is 0. The maximum Gasteiger partial charge on any atom is 0.231 e. The molecule has 0 unspecified atom stereocenters. The van der Waals surface area contributed by atoms with Crippen LogP contribution < -0.4 is 10.1 Å². The molecule has 1 N–H and O–H groups in total. The van der Waals surface area contributed by atoms with Gasteiger partial charge in [-0.15, -0.1) is 0 Å². The molecular weight excluding hydrogens is 218 g/mol. The van der Waals surface area contributed by atoms with E-state index in [1.165, 1.54) is 6.92 Å². The second-order valence-corrected chi connectivity index (χ2v) is 3.84. The molecule has 0 saturated heterocycles. The van der Waals surface area contributed by atoms with E-state index in [1.807, 2.05) is 19.9 Å². The molecule has 0 spiro atoms. The lowest BCUT2D eigenvalue weighted by atomic mass is 10.2. The van der Waals surface area contributed by atoms with E-state index in [4.69, 9.17) is 4.74 Å². The molecule has 17 heavy (non-hydrogen) atoms. The Morgan fingerprint density at radius 3 is 2.59 bits per heavy atom. The smallest absolute Gasteiger partial charge is 0.231 e. The number of ether oxygens (including phenoxy) is 1. The van der Waals surface area contributed by atoms with Gasteiger partial charge in [-0.25, -0.2) is 0 Å². The summed E-state index contributed by atoms with van der Waals surface area (Å²) in [5.41, 5.74) is 1.62. The molecule has 0 aliphatic rings. The van der Waals surface area contributed by atoms with Gasteiger partial charge < -0.3 is 10.1 Å². The minimum Gasteiger partial charge on any atom is -0.494 e. The standard InChI is InChI=1S/C13H17NO3/c1-4-17-11-5-6-12(9(2)7-11)14-13(16)8-10(3)15/h5-7H,4,8H2,1-3H3,(H,14,16). The van der Waals surface area contributed by atoms with Crippen LogP contribution in [0.4, 0.5) is 5.69 Å². The molecule has 1 aromatic rings. The first-order chi connectivity index (χ1) is 8.02. The SMILES string of the molecule is CCOc1ccc(NC(=O)CC(C)=O)c(C)c1. The van der Waals surface area contributed by atoms with Crippen LogP contribution in [0.15, 0.2) is 18.2 Å². The van der Waals surface area contributed by atoms with Crippen LogP contribution in [0.3, 0.4) is 0 Å². The van der Waals surface area contributed by atoms with E-state index < -0.39 is 0 Å². The van der Waals surface area contributed by atoms with Crippen LogP contribution >= 0.6 is 0 Å². The first-order valence-electron chi connectivity index (χ1n) is 5.55. The Bertz CT molecular complexity index is 427. The van der Waals surface area contributed by atoms with Crippen molar-refractivity contribution in [2.24, 2.45) is 0 Å². The number of ketones is 1. The highest BCUT2D eigenvalue weighted by Crippen LogP contribution is 2.21. The predicted molar refractivity (Wildman–Crippen MR) is 66.3 cm³/mol. The molecule has 1 rings (SSSR count). The van der Waals surface area contributed by atoms with Crippen molar-refractivity contribution in [2.45, 2.75) is 27.2 Å². The number of carbonyl (C=O) groups is 2. The lowest BCUT2D eigenvalue weighted by Gasteiger charge is -2.10. The lowest BCUT2D eigenvalue weighted by Crippen LogP contribution is -2.15. The summed E-state index contributed by atoms with van der Waals surface area (Å²) in [5, 5.41) is 2.70. The predicted octanol–water partition coefficient (Wildman–Crippen LogP) is 2.31. The van der Waals surface area contributed by atoms with E-state index in [0.29, 0.717) is 12.3 Å². The van der Waals surface area contributed by atoms with Gasteiger partial charge in [-0.3, -0.25) is 9.59 Å². The van der Waals surface area contributed by atoms with Crippen LogP contribution in [0.5, 0.6) is 5.75 Å². The Kier molecular flexibility index (Phi) is 4.69. The minimum absolute atomic E-state index is 0.0906. The average molecular weight is 235 g/mol. The summed E-state index contributed by atoms with van der Waals surface area (Å²) >= 11 is 0. The maximum atomic E-state index is 11.4. The molecule has 0 saturated carbocycles. The molecule has 4 nitrogen and oxygen atoms in total. The zero-order valence-corrected chi connectivity index (χ0v) is 10.4. The number of hydrogen-bond acceptors (Lipinski definition) is 3. The Labute approximate surface area is 101 Å². The topological polar surface area (TPSA) is 55.4 Å². The Morgan fingerprint density at radius 2 is 2.06 bits per heavy atom. The number of nitrogens with one attached hydrogen (secondary N) is 1. The fourth-order valence-electron chi connectivity index (χ4n) is 1.45. The second-order valence-electron chi connectivity index (χ2n) is 3.84. The molecule has 1 amide bonds. The quantitative estimate of drug-likeness (QED) is 0.797. The fourth-order valence-corrected chi connectivity index (χ4v) is 1.45. The van der Waals surface area contributed by atoms with Gasteiger partial charge in [0.1, 0.15) is 11.5 Å². The number of rotatable bonds is 5. The summed E-state index contributed by atoms with van der Waals surface area (Å²) in [6.45, 7) is 5.80. The monoisotopic (exact) mass is 235 g/mol. The minimum atomic E-state index is -0.287. The van der Waals surface area contributed by atoms with Crippen molar-refractivity contribution in [1.29, 1.82) is 0 Å². The zero-order valence-electron chi connectivity index (χ0n) is 10.4. The first-order valence-corrected chi connectivity index (χ1v) is 5.55. The molecule has 0 bridgehead atoms. The van der Waals surface area contributed by atoms with E-state index in [9.17, 15) is 9.59 Å². The van der Waals surface area contributed by atoms with Crippen molar-refractivity contribution < 1.29 is 14.3 Å².